The summed E-state index contributed by atoms with van der Waals surface area (Å²) in [5.41, 5.74) is 18.9. The zero-order chi connectivity index (χ0) is 35.7. The lowest BCUT2D eigenvalue weighted by Gasteiger charge is -2.30. The molecule has 7 nitrogen and oxygen atoms in total. The van der Waals surface area contributed by atoms with Crippen LogP contribution in [0.4, 0.5) is 0 Å². The van der Waals surface area contributed by atoms with Crippen LogP contribution in [0.15, 0.2) is 30.3 Å². The molecule has 3 aromatic heterocycles. The first kappa shape index (κ1) is 35.6. The van der Waals surface area contributed by atoms with Gasteiger partial charge < -0.3 is 19.8 Å². The first-order chi connectivity index (χ1) is 24.2. The van der Waals surface area contributed by atoms with Crippen LogP contribution in [0.3, 0.4) is 0 Å². The normalized spacial score (nSPS) is 14.0. The van der Waals surface area contributed by atoms with Crippen molar-refractivity contribution in [3.8, 4) is 0 Å². The number of aromatic nitrogens is 4. The van der Waals surface area contributed by atoms with Gasteiger partial charge in [0.2, 0.25) is 0 Å². The molecule has 5 heterocycles. The molecular weight excluding hydrogens is 620 g/mol. The summed E-state index contributed by atoms with van der Waals surface area (Å²) in [5, 5.41) is 10.3. The molecule has 8 bridgehead atoms. The lowest BCUT2D eigenvalue weighted by atomic mass is 9.72. The van der Waals surface area contributed by atoms with E-state index in [9.17, 15) is 9.90 Å². The van der Waals surface area contributed by atoms with Gasteiger partial charge in [-0.1, -0.05) is 67.5 Å². The van der Waals surface area contributed by atoms with Crippen molar-refractivity contribution in [2.45, 2.75) is 119 Å². The number of carbonyl (C=O) groups is 1. The summed E-state index contributed by atoms with van der Waals surface area (Å²) in [4.78, 5) is 30.1. The molecule has 0 saturated carbocycles. The fourth-order valence-corrected chi connectivity index (χ4v) is 8.95. The number of allylic oxidation sites excluding steroid dienone is 2. The number of rotatable bonds is 13. The van der Waals surface area contributed by atoms with Gasteiger partial charge >= 0.3 is 5.97 Å². The number of fused-ring (bicyclic) bond motifs is 8. The Labute approximate surface area is 296 Å². The molecule has 0 aliphatic carbocycles. The molecule has 3 N–H and O–H groups in total. The van der Waals surface area contributed by atoms with Crippen LogP contribution < -0.4 is 0 Å². The van der Waals surface area contributed by atoms with Crippen LogP contribution in [0.25, 0.3) is 44.1 Å². The number of nitrogens with zero attached hydrogens (tertiary/aromatic N) is 2. The molecule has 7 heteroatoms. The fraction of sp³-hybridized carbons (Fsp3) is 0.465. The van der Waals surface area contributed by atoms with Crippen molar-refractivity contribution in [2.75, 3.05) is 13.2 Å². The SMILES string of the molecule is CCC1=C(CC)c2nc1cc1[nH]c(cc3[nH]c(cc4nc5c(c(CCOCC(=O)O)ccc25)C4(CC)CC)c(CC)c3CC)c(CC)c1CC. The highest BCUT2D eigenvalue weighted by molar-refractivity contribution is 6.02. The number of nitrogens with one attached hydrogen (secondary N) is 2. The summed E-state index contributed by atoms with van der Waals surface area (Å²) in [5.74, 6) is -0.951. The predicted molar refractivity (Wildman–Crippen MR) is 207 cm³/mol. The van der Waals surface area contributed by atoms with E-state index in [-0.39, 0.29) is 12.0 Å². The lowest BCUT2D eigenvalue weighted by molar-refractivity contribution is -0.142. The van der Waals surface area contributed by atoms with E-state index in [0.29, 0.717) is 13.0 Å². The molecule has 0 spiro atoms. The molecule has 6 rings (SSSR count). The largest absolute Gasteiger partial charge is 0.480 e. The third-order valence-electron chi connectivity index (χ3n) is 11.4. The Bertz CT molecular complexity index is 2140. The van der Waals surface area contributed by atoms with Gasteiger partial charge in [-0.15, -0.1) is 0 Å². The first-order valence-electron chi connectivity index (χ1n) is 19.0. The predicted octanol–water partition coefficient (Wildman–Crippen LogP) is 10.2. The van der Waals surface area contributed by atoms with Crippen LogP contribution in [-0.2, 0) is 47.1 Å². The van der Waals surface area contributed by atoms with Crippen molar-refractivity contribution in [3.05, 3.63) is 80.8 Å². The Morgan fingerprint density at radius 3 is 1.80 bits per heavy atom. The van der Waals surface area contributed by atoms with Crippen molar-refractivity contribution in [2.24, 2.45) is 0 Å². The van der Waals surface area contributed by atoms with E-state index in [0.717, 1.165) is 95.9 Å². The summed E-state index contributed by atoms with van der Waals surface area (Å²) >= 11 is 0. The zero-order valence-corrected chi connectivity index (χ0v) is 31.3. The van der Waals surface area contributed by atoms with Gasteiger partial charge in [-0.3, -0.25) is 4.98 Å². The quantitative estimate of drug-likeness (QED) is 0.122. The second-order valence-electron chi connectivity index (χ2n) is 13.7. The van der Waals surface area contributed by atoms with Crippen molar-refractivity contribution < 1.29 is 14.6 Å². The summed E-state index contributed by atoms with van der Waals surface area (Å²) in [6, 6.07) is 11.4. The van der Waals surface area contributed by atoms with Crippen molar-refractivity contribution >= 4 is 50.1 Å². The standard InChI is InChI=1S/C43H54N4O3/c1-9-26-27(10-2)35-22-36-30(13-5)31(14-6)41(46-36)32-18-17-25(19-20-50-24-39(48)49)40-42(32)47-38(43(40,15-7)16-8)23-37-29(12-4)28(11-3)34(45-37)21-33(26)44-35/h17-18,21-23,44-45H,9-16,19-20,24H2,1-8H3,(H,48,49). The maximum absolute atomic E-state index is 11.2. The topological polar surface area (TPSA) is 104 Å². The van der Waals surface area contributed by atoms with Crippen molar-refractivity contribution in [1.29, 1.82) is 0 Å². The molecule has 1 aromatic carbocycles. The van der Waals surface area contributed by atoms with Crippen LogP contribution in [-0.4, -0.2) is 44.2 Å². The molecule has 264 valence electrons. The third kappa shape index (κ3) is 5.77. The van der Waals surface area contributed by atoms with Crippen LogP contribution in [0.5, 0.6) is 0 Å². The van der Waals surface area contributed by atoms with Crippen LogP contribution in [0, 0.1) is 0 Å². The van der Waals surface area contributed by atoms with Gasteiger partial charge in [0.25, 0.3) is 0 Å². The first-order valence-corrected chi connectivity index (χ1v) is 19.0. The number of aryl methyl sites for hydroxylation is 4. The van der Waals surface area contributed by atoms with E-state index >= 15 is 0 Å². The number of hydrogen-bond donors (Lipinski definition) is 3. The van der Waals surface area contributed by atoms with E-state index in [1.165, 1.54) is 50.0 Å². The monoisotopic (exact) mass is 674 g/mol. The molecule has 0 radical (unpaired) electrons. The summed E-state index contributed by atoms with van der Waals surface area (Å²) < 4.78 is 5.58. The Kier molecular flexibility index (Phi) is 10.4. The molecule has 4 aromatic rings. The molecular formula is C43H54N4O3. The minimum Gasteiger partial charge on any atom is -0.480 e. The second-order valence-corrected chi connectivity index (χ2v) is 13.7. The molecule has 0 unspecified atom stereocenters. The van der Waals surface area contributed by atoms with Gasteiger partial charge in [-0.05, 0) is 121 Å². The third-order valence-corrected chi connectivity index (χ3v) is 11.4. The number of carboxylic acids is 1. The minimum atomic E-state index is -0.951. The number of ether oxygens (including phenoxy) is 1. The maximum Gasteiger partial charge on any atom is 0.329 e. The van der Waals surface area contributed by atoms with Crippen LogP contribution >= 0.6 is 0 Å². The van der Waals surface area contributed by atoms with Gasteiger partial charge in [0.05, 0.1) is 29.2 Å². The molecule has 0 amide bonds. The van der Waals surface area contributed by atoms with Crippen molar-refractivity contribution in [3.63, 3.8) is 0 Å². The van der Waals surface area contributed by atoms with Gasteiger partial charge in [0, 0.05) is 32.9 Å². The van der Waals surface area contributed by atoms with Gasteiger partial charge in [0.15, 0.2) is 0 Å². The Morgan fingerprint density at radius 1 is 0.720 bits per heavy atom. The second kappa shape index (κ2) is 14.6. The van der Waals surface area contributed by atoms with E-state index in [1.54, 1.807) is 0 Å². The van der Waals surface area contributed by atoms with Gasteiger partial charge in [-0.2, -0.15) is 0 Å². The Morgan fingerprint density at radius 2 is 1.28 bits per heavy atom. The molecule has 0 atom stereocenters. The number of hydrogen-bond acceptors (Lipinski definition) is 4. The summed E-state index contributed by atoms with van der Waals surface area (Å²) in [6.07, 6.45) is 7.92. The Balaban J connectivity index is 1.83. The van der Waals surface area contributed by atoms with E-state index in [1.807, 2.05) is 0 Å². The van der Waals surface area contributed by atoms with E-state index in [2.05, 4.69) is 95.7 Å². The zero-order valence-electron chi connectivity index (χ0n) is 31.3. The highest BCUT2D eigenvalue weighted by Gasteiger charge is 2.40. The van der Waals surface area contributed by atoms with E-state index < -0.39 is 5.97 Å². The number of benzene rings is 1. The number of carboxylic acid groups (broad SMARTS) is 1. The highest BCUT2D eigenvalue weighted by Crippen LogP contribution is 2.48. The summed E-state index contributed by atoms with van der Waals surface area (Å²) in [7, 11) is 0. The van der Waals surface area contributed by atoms with Gasteiger partial charge in [-0.25, -0.2) is 9.78 Å². The smallest absolute Gasteiger partial charge is 0.329 e. The lowest BCUT2D eigenvalue weighted by Crippen LogP contribution is -2.25. The van der Waals surface area contributed by atoms with Gasteiger partial charge in [0.1, 0.15) is 6.61 Å². The van der Waals surface area contributed by atoms with Crippen LogP contribution in [0.2, 0.25) is 0 Å². The van der Waals surface area contributed by atoms with Crippen molar-refractivity contribution in [1.82, 2.24) is 19.9 Å². The number of aromatic amines is 2. The highest BCUT2D eigenvalue weighted by atomic mass is 16.5. The Hall–Kier alpha value is -4.23. The average molecular weight is 675 g/mol. The molecule has 2 aliphatic heterocycles. The fourth-order valence-electron chi connectivity index (χ4n) is 8.95. The number of aliphatic carboxylic acids is 1. The molecule has 0 saturated heterocycles. The maximum atomic E-state index is 11.2. The molecule has 2 aliphatic rings. The molecule has 50 heavy (non-hydrogen) atoms. The summed E-state index contributed by atoms with van der Waals surface area (Å²) in [6.45, 7) is 18.1. The average Bonchev–Trinajstić information content (AvgIpc) is 3.84. The van der Waals surface area contributed by atoms with E-state index in [4.69, 9.17) is 14.7 Å². The molecule has 0 fully saturated rings. The number of H-pyrrole nitrogens is 2. The minimum absolute atomic E-state index is 0.299. The van der Waals surface area contributed by atoms with Crippen LogP contribution in [0.1, 0.15) is 132 Å².